The Bertz CT molecular complexity index is 237. The molecule has 5 heteroatoms. The maximum atomic E-state index is 11.6. The van der Waals surface area contributed by atoms with Crippen LogP contribution in [-0.2, 0) is 0 Å². The summed E-state index contributed by atoms with van der Waals surface area (Å²) in [6.45, 7) is 2.26. The number of carbonyl (C=O) groups is 1. The molecule has 0 heterocycles. The SMILES string of the molecule is CSC1CCCC(NC(=O)NCCC(C)O)C1. The zero-order valence-corrected chi connectivity index (χ0v) is 11.6. The molecule has 1 aliphatic carbocycles. The molecule has 4 nitrogen and oxygen atoms in total. The second kappa shape index (κ2) is 7.82. The van der Waals surface area contributed by atoms with Crippen LogP contribution >= 0.6 is 11.8 Å². The van der Waals surface area contributed by atoms with Gasteiger partial charge in [-0.1, -0.05) is 6.42 Å². The van der Waals surface area contributed by atoms with Crippen molar-refractivity contribution in [3.8, 4) is 0 Å². The Morgan fingerprint density at radius 1 is 1.53 bits per heavy atom. The summed E-state index contributed by atoms with van der Waals surface area (Å²) in [6, 6.07) is 0.213. The molecule has 0 aromatic rings. The second-order valence-electron chi connectivity index (χ2n) is 4.76. The van der Waals surface area contributed by atoms with E-state index in [9.17, 15) is 4.79 Å². The summed E-state index contributed by atoms with van der Waals surface area (Å²) in [5.74, 6) is 0. The minimum absolute atomic E-state index is 0.0996. The van der Waals surface area contributed by atoms with Crippen LogP contribution in [0, 0.1) is 0 Å². The van der Waals surface area contributed by atoms with Crippen LogP contribution in [0.4, 0.5) is 4.79 Å². The summed E-state index contributed by atoms with van der Waals surface area (Å²) in [7, 11) is 0. The lowest BCUT2D eigenvalue weighted by atomic mass is 9.95. The van der Waals surface area contributed by atoms with Gasteiger partial charge in [-0.2, -0.15) is 11.8 Å². The molecular formula is C12H24N2O2S. The maximum Gasteiger partial charge on any atom is 0.315 e. The van der Waals surface area contributed by atoms with Crippen molar-refractivity contribution in [2.45, 2.75) is 56.4 Å². The van der Waals surface area contributed by atoms with Crippen molar-refractivity contribution >= 4 is 17.8 Å². The van der Waals surface area contributed by atoms with Crippen LogP contribution in [-0.4, -0.2) is 41.3 Å². The topological polar surface area (TPSA) is 61.4 Å². The number of hydrogen-bond donors (Lipinski definition) is 3. The van der Waals surface area contributed by atoms with E-state index in [1.807, 2.05) is 11.8 Å². The maximum absolute atomic E-state index is 11.6. The quantitative estimate of drug-likeness (QED) is 0.705. The minimum Gasteiger partial charge on any atom is -0.393 e. The van der Waals surface area contributed by atoms with Crippen molar-refractivity contribution in [1.29, 1.82) is 0 Å². The Hall–Kier alpha value is -0.420. The number of nitrogens with one attached hydrogen (secondary N) is 2. The molecule has 0 aromatic carbocycles. The van der Waals surface area contributed by atoms with Gasteiger partial charge in [0.15, 0.2) is 0 Å². The molecule has 0 spiro atoms. The molecule has 0 saturated heterocycles. The van der Waals surface area contributed by atoms with Crippen LogP contribution in [0.3, 0.4) is 0 Å². The fraction of sp³-hybridized carbons (Fsp3) is 0.917. The zero-order chi connectivity index (χ0) is 12.7. The molecular weight excluding hydrogens is 236 g/mol. The highest BCUT2D eigenvalue weighted by Crippen LogP contribution is 2.26. The molecule has 0 aromatic heterocycles. The molecule has 2 amide bonds. The van der Waals surface area contributed by atoms with E-state index in [1.54, 1.807) is 6.92 Å². The third kappa shape index (κ3) is 6.17. The van der Waals surface area contributed by atoms with E-state index in [0.29, 0.717) is 24.3 Å². The van der Waals surface area contributed by atoms with Gasteiger partial charge in [0.2, 0.25) is 0 Å². The molecule has 17 heavy (non-hydrogen) atoms. The number of carbonyl (C=O) groups excluding carboxylic acids is 1. The van der Waals surface area contributed by atoms with E-state index in [-0.39, 0.29) is 12.1 Å². The molecule has 3 unspecified atom stereocenters. The van der Waals surface area contributed by atoms with Crippen molar-refractivity contribution < 1.29 is 9.90 Å². The zero-order valence-electron chi connectivity index (χ0n) is 10.7. The fourth-order valence-corrected chi connectivity index (χ4v) is 2.95. The van der Waals surface area contributed by atoms with Gasteiger partial charge in [-0.05, 0) is 38.9 Å². The Labute approximate surface area is 108 Å². The Kier molecular flexibility index (Phi) is 6.73. The minimum atomic E-state index is -0.356. The molecule has 1 rings (SSSR count). The van der Waals surface area contributed by atoms with E-state index >= 15 is 0 Å². The summed E-state index contributed by atoms with van der Waals surface area (Å²) in [4.78, 5) is 11.6. The van der Waals surface area contributed by atoms with E-state index < -0.39 is 0 Å². The van der Waals surface area contributed by atoms with Crippen molar-refractivity contribution in [1.82, 2.24) is 10.6 Å². The predicted molar refractivity (Wildman–Crippen MR) is 72.4 cm³/mol. The number of aliphatic hydroxyl groups excluding tert-OH is 1. The van der Waals surface area contributed by atoms with Crippen LogP contribution in [0.1, 0.15) is 39.0 Å². The summed E-state index contributed by atoms with van der Waals surface area (Å²) in [5, 5.41) is 15.6. The second-order valence-corrected chi connectivity index (χ2v) is 5.90. The molecule has 100 valence electrons. The van der Waals surface area contributed by atoms with Gasteiger partial charge >= 0.3 is 6.03 Å². The molecule has 1 saturated carbocycles. The van der Waals surface area contributed by atoms with Crippen molar-refractivity contribution in [2.24, 2.45) is 0 Å². The summed E-state index contributed by atoms with van der Waals surface area (Å²) >= 11 is 1.89. The molecule has 1 aliphatic rings. The van der Waals surface area contributed by atoms with E-state index in [0.717, 1.165) is 12.8 Å². The molecule has 0 radical (unpaired) electrons. The molecule has 1 fully saturated rings. The number of rotatable bonds is 5. The third-order valence-electron chi connectivity index (χ3n) is 3.14. The van der Waals surface area contributed by atoms with E-state index in [2.05, 4.69) is 16.9 Å². The molecule has 3 atom stereocenters. The standard InChI is InChI=1S/C12H24N2O2S/c1-9(15)6-7-13-12(16)14-10-4-3-5-11(8-10)17-2/h9-11,15H,3-8H2,1-2H3,(H2,13,14,16). The van der Waals surface area contributed by atoms with E-state index in [1.165, 1.54) is 12.8 Å². The Balaban J connectivity index is 2.17. The van der Waals surface area contributed by atoms with Gasteiger partial charge < -0.3 is 15.7 Å². The molecule has 0 aliphatic heterocycles. The smallest absolute Gasteiger partial charge is 0.315 e. The normalized spacial score (nSPS) is 26.3. The average Bonchev–Trinajstić information content (AvgIpc) is 2.28. The first kappa shape index (κ1) is 14.6. The summed E-state index contributed by atoms with van der Waals surface area (Å²) in [5.41, 5.74) is 0. The van der Waals surface area contributed by atoms with Crippen molar-refractivity contribution in [2.75, 3.05) is 12.8 Å². The van der Waals surface area contributed by atoms with Crippen molar-refractivity contribution in [3.63, 3.8) is 0 Å². The first-order valence-electron chi connectivity index (χ1n) is 6.37. The van der Waals surface area contributed by atoms with Crippen LogP contribution in [0.25, 0.3) is 0 Å². The van der Waals surface area contributed by atoms with Crippen LogP contribution < -0.4 is 10.6 Å². The van der Waals surface area contributed by atoms with Crippen molar-refractivity contribution in [3.05, 3.63) is 0 Å². The highest BCUT2D eigenvalue weighted by atomic mass is 32.2. The van der Waals surface area contributed by atoms with E-state index in [4.69, 9.17) is 5.11 Å². The van der Waals surface area contributed by atoms with Crippen LogP contribution in [0.5, 0.6) is 0 Å². The lowest BCUT2D eigenvalue weighted by Gasteiger charge is -2.28. The number of hydrogen-bond acceptors (Lipinski definition) is 3. The molecule has 3 N–H and O–H groups in total. The number of thioether (sulfide) groups is 1. The Morgan fingerprint density at radius 2 is 2.29 bits per heavy atom. The number of urea groups is 1. The van der Waals surface area contributed by atoms with Crippen LogP contribution in [0.2, 0.25) is 0 Å². The Morgan fingerprint density at radius 3 is 2.94 bits per heavy atom. The van der Waals surface area contributed by atoms with Gasteiger partial charge in [0.1, 0.15) is 0 Å². The number of amides is 2. The largest absolute Gasteiger partial charge is 0.393 e. The van der Waals surface area contributed by atoms with Gasteiger partial charge in [0.25, 0.3) is 0 Å². The van der Waals surface area contributed by atoms with Gasteiger partial charge in [-0.3, -0.25) is 0 Å². The first-order valence-corrected chi connectivity index (χ1v) is 7.65. The average molecular weight is 260 g/mol. The highest BCUT2D eigenvalue weighted by Gasteiger charge is 2.22. The molecule has 0 bridgehead atoms. The van der Waals surface area contributed by atoms with Gasteiger partial charge in [-0.25, -0.2) is 4.79 Å². The number of aliphatic hydroxyl groups is 1. The fourth-order valence-electron chi connectivity index (χ4n) is 2.12. The lowest BCUT2D eigenvalue weighted by molar-refractivity contribution is 0.183. The highest BCUT2D eigenvalue weighted by molar-refractivity contribution is 7.99. The monoisotopic (exact) mass is 260 g/mol. The summed E-state index contributed by atoms with van der Waals surface area (Å²) < 4.78 is 0. The summed E-state index contributed by atoms with van der Waals surface area (Å²) in [6.07, 6.45) is 7.01. The van der Waals surface area contributed by atoms with Crippen LogP contribution in [0.15, 0.2) is 0 Å². The van der Waals surface area contributed by atoms with Gasteiger partial charge in [0, 0.05) is 17.8 Å². The first-order chi connectivity index (χ1) is 8.11. The lowest BCUT2D eigenvalue weighted by Crippen LogP contribution is -2.45. The van der Waals surface area contributed by atoms with Gasteiger partial charge in [0.05, 0.1) is 6.10 Å². The third-order valence-corrected chi connectivity index (χ3v) is 4.24. The predicted octanol–water partition coefficient (Wildman–Crippen LogP) is 1.73. The van der Waals surface area contributed by atoms with Gasteiger partial charge in [-0.15, -0.1) is 0 Å².